The Hall–Kier alpha value is -3.53. The monoisotopic (exact) mass is 355 g/mol. The van der Waals surface area contributed by atoms with E-state index in [0.717, 1.165) is 22.9 Å². The number of nitrogens with one attached hydrogen (secondary N) is 2. The molecule has 0 aliphatic heterocycles. The van der Waals surface area contributed by atoms with Gasteiger partial charge in [-0.3, -0.25) is 15.6 Å². The first-order valence-electron chi connectivity index (χ1n) is 7.55. The van der Waals surface area contributed by atoms with Gasteiger partial charge in [0.15, 0.2) is 0 Å². The Bertz CT molecular complexity index is 1020. The minimum atomic E-state index is -4.66. The molecule has 0 spiro atoms. The molecule has 0 aromatic heterocycles. The van der Waals surface area contributed by atoms with Crippen molar-refractivity contribution in [3.05, 3.63) is 77.4 Å². The maximum Gasteiger partial charge on any atom is 0.418 e. The summed E-state index contributed by atoms with van der Waals surface area (Å²) in [6, 6.07) is 17.1. The number of fused-ring (bicyclic) bond motifs is 1. The van der Waals surface area contributed by atoms with Crippen LogP contribution >= 0.6 is 0 Å². The molecule has 2 N–H and O–H groups in total. The highest BCUT2D eigenvalue weighted by molar-refractivity contribution is 5.99. The van der Waals surface area contributed by atoms with E-state index in [1.807, 2.05) is 24.3 Å². The Morgan fingerprint density at radius 1 is 0.962 bits per heavy atom. The van der Waals surface area contributed by atoms with Crippen LogP contribution in [0, 0.1) is 11.3 Å². The first-order chi connectivity index (χ1) is 12.4. The standard InChI is InChI=1S/C19H12F3N3O/c20-19(21,22)16-9-12(11-23)5-8-17(16)24-25-18(26)15-7-6-13-3-1-2-4-14(13)10-15/h1-10,24H,(H,25,26). The quantitative estimate of drug-likeness (QED) is 0.681. The SMILES string of the molecule is N#Cc1ccc(NNC(=O)c2ccc3ccccc3c2)c(C(F)(F)F)c1. The number of nitriles is 1. The van der Waals surface area contributed by atoms with Gasteiger partial charge in [0.2, 0.25) is 0 Å². The van der Waals surface area contributed by atoms with Crippen molar-refractivity contribution in [3.8, 4) is 6.07 Å². The predicted octanol–water partition coefficient (Wildman–Crippen LogP) is 4.49. The van der Waals surface area contributed by atoms with E-state index in [1.54, 1.807) is 24.3 Å². The molecule has 3 aromatic rings. The van der Waals surface area contributed by atoms with Crippen molar-refractivity contribution in [2.24, 2.45) is 0 Å². The number of nitrogens with zero attached hydrogens (tertiary/aromatic N) is 1. The van der Waals surface area contributed by atoms with E-state index in [0.29, 0.717) is 5.56 Å². The molecule has 3 aromatic carbocycles. The van der Waals surface area contributed by atoms with E-state index in [9.17, 15) is 18.0 Å². The van der Waals surface area contributed by atoms with Crippen LogP contribution in [-0.2, 0) is 6.18 Å². The molecule has 3 rings (SSSR count). The molecule has 7 heteroatoms. The number of hydrazine groups is 1. The van der Waals surface area contributed by atoms with Gasteiger partial charge in [0.25, 0.3) is 5.91 Å². The highest BCUT2D eigenvalue weighted by atomic mass is 19.4. The van der Waals surface area contributed by atoms with Gasteiger partial charge in [-0.1, -0.05) is 30.3 Å². The van der Waals surface area contributed by atoms with Crippen LogP contribution in [0.25, 0.3) is 10.8 Å². The maximum atomic E-state index is 13.1. The van der Waals surface area contributed by atoms with Crippen molar-refractivity contribution in [2.75, 3.05) is 5.43 Å². The zero-order chi connectivity index (χ0) is 18.7. The number of amides is 1. The summed E-state index contributed by atoms with van der Waals surface area (Å²) in [7, 11) is 0. The molecule has 0 aliphatic rings. The van der Waals surface area contributed by atoms with Crippen LogP contribution in [-0.4, -0.2) is 5.91 Å². The molecule has 0 heterocycles. The molecule has 0 unspecified atom stereocenters. The third kappa shape index (κ3) is 3.59. The fraction of sp³-hybridized carbons (Fsp3) is 0.0526. The van der Waals surface area contributed by atoms with E-state index < -0.39 is 17.6 Å². The largest absolute Gasteiger partial charge is 0.418 e. The molecule has 0 aliphatic carbocycles. The van der Waals surface area contributed by atoms with E-state index >= 15 is 0 Å². The number of rotatable bonds is 3. The van der Waals surface area contributed by atoms with Gasteiger partial charge in [-0.25, -0.2) is 0 Å². The Balaban J connectivity index is 1.82. The third-order valence-corrected chi connectivity index (χ3v) is 3.78. The summed E-state index contributed by atoms with van der Waals surface area (Å²) >= 11 is 0. The summed E-state index contributed by atoms with van der Waals surface area (Å²) in [4.78, 5) is 12.2. The van der Waals surface area contributed by atoms with Gasteiger partial charge in [0, 0.05) is 5.56 Å². The Morgan fingerprint density at radius 3 is 2.38 bits per heavy atom. The highest BCUT2D eigenvalue weighted by Crippen LogP contribution is 2.35. The average Bonchev–Trinajstić information content (AvgIpc) is 2.64. The molecule has 26 heavy (non-hydrogen) atoms. The zero-order valence-corrected chi connectivity index (χ0v) is 13.3. The number of hydrogen-bond donors (Lipinski definition) is 2. The molecule has 4 nitrogen and oxygen atoms in total. The van der Waals surface area contributed by atoms with E-state index in [2.05, 4.69) is 10.9 Å². The molecular weight excluding hydrogens is 343 g/mol. The number of benzene rings is 3. The fourth-order valence-corrected chi connectivity index (χ4v) is 2.48. The van der Waals surface area contributed by atoms with Crippen molar-refractivity contribution in [1.29, 1.82) is 5.26 Å². The van der Waals surface area contributed by atoms with E-state index in [1.165, 1.54) is 6.07 Å². The third-order valence-electron chi connectivity index (χ3n) is 3.78. The van der Waals surface area contributed by atoms with Crippen LogP contribution < -0.4 is 10.9 Å². The lowest BCUT2D eigenvalue weighted by Gasteiger charge is -2.15. The normalized spacial score (nSPS) is 11.0. The lowest BCUT2D eigenvalue weighted by atomic mass is 10.1. The van der Waals surface area contributed by atoms with Crippen LogP contribution in [0.5, 0.6) is 0 Å². The summed E-state index contributed by atoms with van der Waals surface area (Å²) in [5.74, 6) is -0.576. The number of carbonyl (C=O) groups excluding carboxylic acids is 1. The van der Waals surface area contributed by atoms with Crippen LogP contribution in [0.3, 0.4) is 0 Å². The Morgan fingerprint density at radius 2 is 1.69 bits per heavy atom. The highest BCUT2D eigenvalue weighted by Gasteiger charge is 2.34. The summed E-state index contributed by atoms with van der Waals surface area (Å²) in [5.41, 5.74) is 3.36. The maximum absolute atomic E-state index is 13.1. The molecule has 0 fully saturated rings. The van der Waals surface area contributed by atoms with Gasteiger partial charge in [0.1, 0.15) is 0 Å². The second kappa shape index (κ2) is 6.76. The van der Waals surface area contributed by atoms with Crippen LogP contribution in [0.15, 0.2) is 60.7 Å². The minimum absolute atomic E-state index is 0.122. The summed E-state index contributed by atoms with van der Waals surface area (Å²) < 4.78 is 39.4. The van der Waals surface area contributed by atoms with Crippen molar-refractivity contribution < 1.29 is 18.0 Å². The summed E-state index contributed by atoms with van der Waals surface area (Å²) in [5, 5.41) is 10.6. The number of hydrogen-bond acceptors (Lipinski definition) is 3. The first kappa shape index (κ1) is 17.3. The van der Waals surface area contributed by atoms with Crippen molar-refractivity contribution in [3.63, 3.8) is 0 Å². The molecule has 0 radical (unpaired) electrons. The van der Waals surface area contributed by atoms with Gasteiger partial charge >= 0.3 is 6.18 Å². The lowest BCUT2D eigenvalue weighted by Crippen LogP contribution is -2.30. The molecule has 130 valence electrons. The van der Waals surface area contributed by atoms with E-state index in [-0.39, 0.29) is 11.3 Å². The van der Waals surface area contributed by atoms with Gasteiger partial charge in [-0.05, 0) is 41.1 Å². The van der Waals surface area contributed by atoms with Crippen LogP contribution in [0.2, 0.25) is 0 Å². The summed E-state index contributed by atoms with van der Waals surface area (Å²) in [6.07, 6.45) is -4.66. The number of halogens is 3. The summed E-state index contributed by atoms with van der Waals surface area (Å²) in [6.45, 7) is 0. The topological polar surface area (TPSA) is 64.9 Å². The van der Waals surface area contributed by atoms with Gasteiger partial charge < -0.3 is 0 Å². The number of alkyl halides is 3. The zero-order valence-electron chi connectivity index (χ0n) is 13.3. The van der Waals surface area contributed by atoms with E-state index in [4.69, 9.17) is 5.26 Å². The van der Waals surface area contributed by atoms with Crippen molar-refractivity contribution in [1.82, 2.24) is 5.43 Å². The second-order valence-electron chi connectivity index (χ2n) is 5.51. The first-order valence-corrected chi connectivity index (χ1v) is 7.55. The molecule has 0 atom stereocenters. The lowest BCUT2D eigenvalue weighted by molar-refractivity contribution is -0.137. The number of carbonyl (C=O) groups is 1. The van der Waals surface area contributed by atoms with Crippen molar-refractivity contribution >= 4 is 22.4 Å². The van der Waals surface area contributed by atoms with Gasteiger partial charge in [0.05, 0.1) is 22.9 Å². The Kier molecular flexibility index (Phi) is 4.50. The fourth-order valence-electron chi connectivity index (χ4n) is 2.48. The average molecular weight is 355 g/mol. The van der Waals surface area contributed by atoms with Crippen molar-refractivity contribution in [2.45, 2.75) is 6.18 Å². The molecule has 0 bridgehead atoms. The molecule has 0 saturated carbocycles. The van der Waals surface area contributed by atoms with Gasteiger partial charge in [-0.15, -0.1) is 0 Å². The predicted molar refractivity (Wildman–Crippen MR) is 91.2 cm³/mol. The minimum Gasteiger partial charge on any atom is -0.298 e. The van der Waals surface area contributed by atoms with Crippen LogP contribution in [0.4, 0.5) is 18.9 Å². The second-order valence-corrected chi connectivity index (χ2v) is 5.51. The van der Waals surface area contributed by atoms with Crippen LogP contribution in [0.1, 0.15) is 21.5 Å². The molecule has 0 saturated heterocycles. The Labute approximate surface area is 146 Å². The smallest absolute Gasteiger partial charge is 0.298 e. The number of anilines is 1. The molecular formula is C19H12F3N3O. The van der Waals surface area contributed by atoms with Gasteiger partial charge in [-0.2, -0.15) is 18.4 Å². The molecule has 1 amide bonds.